The predicted molar refractivity (Wildman–Crippen MR) is 106 cm³/mol. The molecule has 0 aliphatic carbocycles. The molecule has 1 fully saturated rings. The number of fused-ring (bicyclic) bond motifs is 1. The third kappa shape index (κ3) is 3.38. The number of para-hydroxylation sites is 1. The highest BCUT2D eigenvalue weighted by atomic mass is 16.2. The molecule has 0 atom stereocenters. The maximum absolute atomic E-state index is 12.7. The number of H-pyrrole nitrogens is 1. The topological polar surface area (TPSA) is 86.4 Å². The van der Waals surface area contributed by atoms with E-state index in [9.17, 15) is 14.4 Å². The van der Waals surface area contributed by atoms with Gasteiger partial charge in [-0.3, -0.25) is 14.4 Å². The lowest BCUT2D eigenvalue weighted by Gasteiger charge is -2.18. The molecule has 2 amide bonds. The molecule has 0 radical (unpaired) electrons. The number of carbonyl (C=O) groups is 2. The Bertz CT molecular complexity index is 1100. The van der Waals surface area contributed by atoms with Gasteiger partial charge in [-0.1, -0.05) is 12.1 Å². The number of nitrogens with one attached hydrogen (secondary N) is 1. The van der Waals surface area contributed by atoms with E-state index in [0.717, 1.165) is 12.1 Å². The molecule has 2 heterocycles. The minimum Gasteiger partial charge on any atom is -0.334 e. The van der Waals surface area contributed by atoms with Crippen molar-refractivity contribution >= 4 is 28.4 Å². The van der Waals surface area contributed by atoms with E-state index in [1.54, 1.807) is 54.4 Å². The Morgan fingerprint density at radius 1 is 1.14 bits per heavy atom. The van der Waals surface area contributed by atoms with Gasteiger partial charge in [0.1, 0.15) is 5.82 Å². The third-order valence-corrected chi connectivity index (χ3v) is 4.89. The highest BCUT2D eigenvalue weighted by Crippen LogP contribution is 2.22. The van der Waals surface area contributed by atoms with E-state index in [1.807, 2.05) is 6.07 Å². The molecule has 1 aromatic heterocycles. The zero-order valence-corrected chi connectivity index (χ0v) is 15.5. The lowest BCUT2D eigenvalue weighted by molar-refractivity contribution is -0.117. The van der Waals surface area contributed by atoms with Crippen LogP contribution in [0.5, 0.6) is 0 Å². The minimum absolute atomic E-state index is 0.113. The number of rotatable bonds is 4. The average Bonchev–Trinajstić information content (AvgIpc) is 3.13. The monoisotopic (exact) mass is 376 g/mol. The molecular weight excluding hydrogens is 356 g/mol. The van der Waals surface area contributed by atoms with Gasteiger partial charge in [0.25, 0.3) is 11.5 Å². The van der Waals surface area contributed by atoms with Gasteiger partial charge in [-0.2, -0.15) is 0 Å². The summed E-state index contributed by atoms with van der Waals surface area (Å²) in [6.45, 7) is 0.901. The normalized spacial score (nSPS) is 13.9. The SMILES string of the molecule is CN(Cc1nc2ccccc2c(=O)[nH]1)C(=O)c1ccc(N2CCCC2=O)cc1. The summed E-state index contributed by atoms with van der Waals surface area (Å²) in [6.07, 6.45) is 1.43. The second-order valence-corrected chi connectivity index (χ2v) is 6.89. The van der Waals surface area contributed by atoms with Gasteiger partial charge in [0.2, 0.25) is 5.91 Å². The van der Waals surface area contributed by atoms with Gasteiger partial charge in [0, 0.05) is 31.3 Å². The molecule has 1 aliphatic rings. The lowest BCUT2D eigenvalue weighted by atomic mass is 10.1. The summed E-state index contributed by atoms with van der Waals surface area (Å²) >= 11 is 0. The Hall–Kier alpha value is -3.48. The van der Waals surface area contributed by atoms with Crippen LogP contribution in [0.4, 0.5) is 5.69 Å². The van der Waals surface area contributed by atoms with Crippen molar-refractivity contribution in [1.82, 2.24) is 14.9 Å². The Morgan fingerprint density at radius 3 is 2.61 bits per heavy atom. The molecule has 3 aromatic rings. The van der Waals surface area contributed by atoms with Crippen molar-refractivity contribution in [2.24, 2.45) is 0 Å². The fourth-order valence-electron chi connectivity index (χ4n) is 3.43. The summed E-state index contributed by atoms with van der Waals surface area (Å²) in [6, 6.07) is 14.1. The van der Waals surface area contributed by atoms with Crippen molar-refractivity contribution in [2.45, 2.75) is 19.4 Å². The number of hydrogen-bond acceptors (Lipinski definition) is 4. The van der Waals surface area contributed by atoms with Crippen LogP contribution in [-0.2, 0) is 11.3 Å². The zero-order valence-electron chi connectivity index (χ0n) is 15.5. The smallest absolute Gasteiger partial charge is 0.258 e. The van der Waals surface area contributed by atoms with E-state index in [2.05, 4.69) is 9.97 Å². The summed E-state index contributed by atoms with van der Waals surface area (Å²) in [7, 11) is 1.66. The minimum atomic E-state index is -0.221. The molecule has 142 valence electrons. The highest BCUT2D eigenvalue weighted by Gasteiger charge is 2.22. The van der Waals surface area contributed by atoms with Gasteiger partial charge in [-0.15, -0.1) is 0 Å². The molecular formula is C21H20N4O3. The van der Waals surface area contributed by atoms with Gasteiger partial charge in [0.05, 0.1) is 17.4 Å². The average molecular weight is 376 g/mol. The van der Waals surface area contributed by atoms with E-state index in [0.29, 0.717) is 35.3 Å². The van der Waals surface area contributed by atoms with Crippen molar-refractivity contribution in [3.63, 3.8) is 0 Å². The van der Waals surface area contributed by atoms with Crippen LogP contribution in [0.2, 0.25) is 0 Å². The fraction of sp³-hybridized carbons (Fsp3) is 0.238. The number of nitrogens with zero attached hydrogens (tertiary/aromatic N) is 3. The number of aromatic amines is 1. The maximum atomic E-state index is 12.7. The molecule has 2 aromatic carbocycles. The number of anilines is 1. The summed E-state index contributed by atoms with van der Waals surface area (Å²) in [5.41, 5.74) is 1.70. The first-order chi connectivity index (χ1) is 13.5. The molecule has 0 saturated carbocycles. The van der Waals surface area contributed by atoms with Gasteiger partial charge < -0.3 is 14.8 Å². The summed E-state index contributed by atoms with van der Waals surface area (Å²) < 4.78 is 0. The molecule has 28 heavy (non-hydrogen) atoms. The van der Waals surface area contributed by atoms with Crippen molar-refractivity contribution in [2.75, 3.05) is 18.5 Å². The second-order valence-electron chi connectivity index (χ2n) is 6.89. The van der Waals surface area contributed by atoms with E-state index in [-0.39, 0.29) is 23.9 Å². The molecule has 4 rings (SSSR count). The van der Waals surface area contributed by atoms with Crippen LogP contribution in [0.15, 0.2) is 53.3 Å². The lowest BCUT2D eigenvalue weighted by Crippen LogP contribution is -2.28. The molecule has 1 aliphatic heterocycles. The third-order valence-electron chi connectivity index (χ3n) is 4.89. The van der Waals surface area contributed by atoms with Crippen LogP contribution in [0.3, 0.4) is 0 Å². The maximum Gasteiger partial charge on any atom is 0.258 e. The number of benzene rings is 2. The summed E-state index contributed by atoms with van der Waals surface area (Å²) in [5, 5.41) is 0.521. The quantitative estimate of drug-likeness (QED) is 0.757. The standard InChI is InChI=1S/C21H20N4O3/c1-24(13-18-22-17-6-3-2-5-16(17)20(27)23-18)21(28)14-8-10-15(11-9-14)25-12-4-7-19(25)26/h2-3,5-6,8-11H,4,7,12-13H2,1H3,(H,22,23,27). The number of amides is 2. The Labute approximate surface area is 161 Å². The second kappa shape index (κ2) is 7.26. The van der Waals surface area contributed by atoms with Crippen molar-refractivity contribution in [3.8, 4) is 0 Å². The van der Waals surface area contributed by atoms with Crippen LogP contribution in [0, 0.1) is 0 Å². The fourth-order valence-corrected chi connectivity index (χ4v) is 3.43. The first-order valence-electron chi connectivity index (χ1n) is 9.17. The van der Waals surface area contributed by atoms with E-state index in [4.69, 9.17) is 0 Å². The summed E-state index contributed by atoms with van der Waals surface area (Å²) in [4.78, 5) is 47.1. The van der Waals surface area contributed by atoms with Crippen LogP contribution in [0.1, 0.15) is 29.0 Å². The van der Waals surface area contributed by atoms with Crippen LogP contribution in [0.25, 0.3) is 10.9 Å². The first-order valence-corrected chi connectivity index (χ1v) is 9.17. The van der Waals surface area contributed by atoms with Gasteiger partial charge in [-0.25, -0.2) is 4.98 Å². The Morgan fingerprint density at radius 2 is 1.89 bits per heavy atom. The Balaban J connectivity index is 1.50. The van der Waals surface area contributed by atoms with Crippen molar-refractivity contribution in [1.29, 1.82) is 0 Å². The molecule has 1 saturated heterocycles. The summed E-state index contributed by atoms with van der Waals surface area (Å²) in [5.74, 6) is 0.358. The van der Waals surface area contributed by atoms with Gasteiger partial charge in [-0.05, 0) is 42.8 Å². The van der Waals surface area contributed by atoms with Crippen LogP contribution >= 0.6 is 0 Å². The largest absolute Gasteiger partial charge is 0.334 e. The molecule has 7 nitrogen and oxygen atoms in total. The highest BCUT2D eigenvalue weighted by molar-refractivity contribution is 5.97. The van der Waals surface area contributed by atoms with Crippen molar-refractivity contribution < 1.29 is 9.59 Å². The van der Waals surface area contributed by atoms with Crippen molar-refractivity contribution in [3.05, 3.63) is 70.3 Å². The number of hydrogen-bond donors (Lipinski definition) is 1. The molecule has 0 bridgehead atoms. The molecule has 7 heteroatoms. The van der Waals surface area contributed by atoms with E-state index in [1.165, 1.54) is 4.90 Å². The number of carbonyl (C=O) groups excluding carboxylic acids is 2. The number of aromatic nitrogens is 2. The van der Waals surface area contributed by atoms with Crippen LogP contribution < -0.4 is 10.5 Å². The Kier molecular flexibility index (Phi) is 4.65. The van der Waals surface area contributed by atoms with E-state index < -0.39 is 0 Å². The molecule has 1 N–H and O–H groups in total. The van der Waals surface area contributed by atoms with Gasteiger partial charge >= 0.3 is 0 Å². The van der Waals surface area contributed by atoms with Crippen LogP contribution in [-0.4, -0.2) is 40.3 Å². The molecule has 0 spiro atoms. The first kappa shape index (κ1) is 17.9. The molecule has 0 unspecified atom stereocenters. The van der Waals surface area contributed by atoms with E-state index >= 15 is 0 Å². The zero-order chi connectivity index (χ0) is 19.7. The predicted octanol–water partition coefficient (Wildman–Crippen LogP) is 2.32. The van der Waals surface area contributed by atoms with Gasteiger partial charge in [0.15, 0.2) is 0 Å².